The average Bonchev–Trinajstić information content (AvgIpc) is 3.21. The van der Waals surface area contributed by atoms with E-state index < -0.39 is 0 Å². The molecule has 0 aliphatic heterocycles. The summed E-state index contributed by atoms with van der Waals surface area (Å²) in [7, 11) is 0. The lowest BCUT2D eigenvalue weighted by molar-refractivity contribution is 0.102. The molecule has 3 heterocycles. The van der Waals surface area contributed by atoms with Crippen LogP contribution in [0.4, 0.5) is 11.6 Å². The van der Waals surface area contributed by atoms with Gasteiger partial charge in [-0.1, -0.05) is 46.7 Å². The van der Waals surface area contributed by atoms with Crippen molar-refractivity contribution in [3.8, 4) is 0 Å². The van der Waals surface area contributed by atoms with Crippen LogP contribution in [0.2, 0.25) is 0 Å². The van der Waals surface area contributed by atoms with E-state index in [4.69, 9.17) is 4.52 Å². The fraction of sp³-hybridized carbons (Fsp3) is 0.571. The van der Waals surface area contributed by atoms with Crippen LogP contribution in [0.15, 0.2) is 23.0 Å². The minimum atomic E-state index is -0.295. The van der Waals surface area contributed by atoms with Crippen molar-refractivity contribution in [1.29, 1.82) is 0 Å². The summed E-state index contributed by atoms with van der Waals surface area (Å²) in [5.74, 6) is 0.944. The molecule has 8 nitrogen and oxygen atoms in total. The van der Waals surface area contributed by atoms with E-state index in [9.17, 15) is 4.79 Å². The van der Waals surface area contributed by atoms with E-state index in [0.29, 0.717) is 17.0 Å². The maximum Gasteiger partial charge on any atom is 0.262 e. The van der Waals surface area contributed by atoms with Crippen molar-refractivity contribution in [1.82, 2.24) is 19.8 Å². The summed E-state index contributed by atoms with van der Waals surface area (Å²) in [4.78, 5) is 16.2. The van der Waals surface area contributed by atoms with Gasteiger partial charge in [-0.05, 0) is 25.7 Å². The van der Waals surface area contributed by atoms with Gasteiger partial charge in [0.15, 0.2) is 5.82 Å². The van der Waals surface area contributed by atoms with Gasteiger partial charge in [-0.2, -0.15) is 9.61 Å². The van der Waals surface area contributed by atoms with E-state index in [0.717, 1.165) is 17.9 Å². The van der Waals surface area contributed by atoms with E-state index in [2.05, 4.69) is 81.3 Å². The quantitative estimate of drug-likeness (QED) is 0.570. The van der Waals surface area contributed by atoms with Crippen molar-refractivity contribution in [3.63, 3.8) is 0 Å². The zero-order valence-electron chi connectivity index (χ0n) is 18.6. The predicted octanol–water partition coefficient (Wildman–Crippen LogP) is 4.83. The van der Waals surface area contributed by atoms with E-state index in [1.807, 2.05) is 0 Å². The SMILES string of the molecule is CC(C)(C)CC(C)(C)Nc1c(C(C)(C)C)[nH]c2c(C(=O)Nc3ccon3)cnn12. The van der Waals surface area contributed by atoms with Crippen molar-refractivity contribution >= 4 is 23.2 Å². The molecule has 29 heavy (non-hydrogen) atoms. The molecule has 0 aliphatic rings. The highest BCUT2D eigenvalue weighted by Crippen LogP contribution is 2.35. The number of hydrogen-bond acceptors (Lipinski definition) is 5. The summed E-state index contributed by atoms with van der Waals surface area (Å²) in [5, 5.41) is 14.6. The number of aromatic amines is 1. The number of anilines is 2. The standard InChI is InChI=1S/C21H32N6O2/c1-19(2,3)12-21(7,8)25-17-15(20(4,5)6)24-16-13(11-22-27(16)17)18(28)23-14-9-10-29-26-14/h9-11,24-25H,12H2,1-8H3,(H,23,26,28). The second kappa shape index (κ2) is 6.93. The van der Waals surface area contributed by atoms with Gasteiger partial charge in [-0.3, -0.25) is 4.79 Å². The molecule has 0 unspecified atom stereocenters. The molecule has 0 spiro atoms. The third kappa shape index (κ3) is 4.63. The van der Waals surface area contributed by atoms with Gasteiger partial charge in [-0.25, -0.2) is 0 Å². The number of carbonyl (C=O) groups excluding carboxylic acids is 1. The first-order valence-electron chi connectivity index (χ1n) is 9.87. The molecular weight excluding hydrogens is 368 g/mol. The Morgan fingerprint density at radius 1 is 1.17 bits per heavy atom. The topological polar surface area (TPSA) is 100 Å². The highest BCUT2D eigenvalue weighted by molar-refractivity contribution is 6.08. The minimum absolute atomic E-state index is 0.164. The van der Waals surface area contributed by atoms with Crippen LogP contribution >= 0.6 is 0 Å². The average molecular weight is 401 g/mol. The second-order valence-electron chi connectivity index (χ2n) is 10.5. The van der Waals surface area contributed by atoms with Crippen LogP contribution in [0.5, 0.6) is 0 Å². The monoisotopic (exact) mass is 400 g/mol. The second-order valence-corrected chi connectivity index (χ2v) is 10.5. The molecule has 0 saturated carbocycles. The number of imidazole rings is 1. The summed E-state index contributed by atoms with van der Waals surface area (Å²) < 4.78 is 6.56. The van der Waals surface area contributed by atoms with Gasteiger partial charge in [0.2, 0.25) is 0 Å². The van der Waals surface area contributed by atoms with Gasteiger partial charge in [-0.15, -0.1) is 0 Å². The Hall–Kier alpha value is -2.77. The number of H-pyrrole nitrogens is 1. The summed E-state index contributed by atoms with van der Waals surface area (Å²) in [6, 6.07) is 1.59. The Labute approximate surface area is 171 Å². The van der Waals surface area contributed by atoms with Gasteiger partial charge in [0.05, 0.1) is 11.9 Å². The van der Waals surface area contributed by atoms with Gasteiger partial charge < -0.3 is 20.1 Å². The molecule has 158 valence electrons. The lowest BCUT2D eigenvalue weighted by atomic mass is 9.81. The summed E-state index contributed by atoms with van der Waals surface area (Å²) in [6.45, 7) is 17.5. The lowest BCUT2D eigenvalue weighted by Gasteiger charge is -2.34. The number of hydrogen-bond donors (Lipinski definition) is 3. The van der Waals surface area contributed by atoms with Crippen molar-refractivity contribution < 1.29 is 9.32 Å². The van der Waals surface area contributed by atoms with Gasteiger partial charge in [0.1, 0.15) is 23.3 Å². The molecule has 0 aromatic carbocycles. The van der Waals surface area contributed by atoms with Crippen LogP contribution in [0, 0.1) is 5.41 Å². The summed E-state index contributed by atoms with van der Waals surface area (Å²) in [6.07, 6.45) is 3.95. The van der Waals surface area contributed by atoms with Crippen LogP contribution in [-0.4, -0.2) is 31.2 Å². The first-order chi connectivity index (χ1) is 13.3. The van der Waals surface area contributed by atoms with Gasteiger partial charge in [0, 0.05) is 17.0 Å². The largest absolute Gasteiger partial charge is 0.364 e. The van der Waals surface area contributed by atoms with E-state index in [1.165, 1.54) is 6.26 Å². The van der Waals surface area contributed by atoms with Gasteiger partial charge >= 0.3 is 0 Å². The highest BCUT2D eigenvalue weighted by Gasteiger charge is 2.32. The molecular formula is C21H32N6O2. The summed E-state index contributed by atoms with van der Waals surface area (Å²) in [5.41, 5.74) is 1.92. The molecule has 0 radical (unpaired) electrons. The number of amides is 1. The van der Waals surface area contributed by atoms with Crippen molar-refractivity contribution in [3.05, 3.63) is 29.8 Å². The zero-order valence-corrected chi connectivity index (χ0v) is 18.6. The first-order valence-corrected chi connectivity index (χ1v) is 9.87. The molecule has 3 aromatic rings. The highest BCUT2D eigenvalue weighted by atomic mass is 16.5. The molecule has 0 aliphatic carbocycles. The number of carbonyl (C=O) groups is 1. The molecule has 3 rings (SSSR count). The normalized spacial score (nSPS) is 13.1. The lowest BCUT2D eigenvalue weighted by Crippen LogP contribution is -2.36. The first kappa shape index (κ1) is 21.0. The number of rotatable bonds is 5. The zero-order chi connectivity index (χ0) is 21.6. The Balaban J connectivity index is 2.02. The molecule has 0 saturated heterocycles. The van der Waals surface area contributed by atoms with E-state index in [1.54, 1.807) is 16.8 Å². The fourth-order valence-corrected chi connectivity index (χ4v) is 3.90. The number of fused-ring (bicyclic) bond motifs is 1. The smallest absolute Gasteiger partial charge is 0.262 e. The maximum atomic E-state index is 12.7. The third-order valence-corrected chi connectivity index (χ3v) is 4.56. The Morgan fingerprint density at radius 2 is 1.86 bits per heavy atom. The van der Waals surface area contributed by atoms with Crippen molar-refractivity contribution in [2.24, 2.45) is 5.41 Å². The molecule has 8 heteroatoms. The summed E-state index contributed by atoms with van der Waals surface area (Å²) >= 11 is 0. The number of nitrogens with zero attached hydrogens (tertiary/aromatic N) is 3. The van der Waals surface area contributed by atoms with Crippen LogP contribution in [0.1, 0.15) is 77.9 Å². The Morgan fingerprint density at radius 3 is 2.41 bits per heavy atom. The van der Waals surface area contributed by atoms with Crippen molar-refractivity contribution in [2.45, 2.75) is 72.8 Å². The molecule has 0 atom stereocenters. The maximum absolute atomic E-state index is 12.7. The minimum Gasteiger partial charge on any atom is -0.364 e. The van der Waals surface area contributed by atoms with Crippen LogP contribution in [0.25, 0.3) is 5.65 Å². The molecule has 3 N–H and O–H groups in total. The van der Waals surface area contributed by atoms with E-state index in [-0.39, 0.29) is 22.3 Å². The Kier molecular flexibility index (Phi) is 5.01. The van der Waals surface area contributed by atoms with Crippen LogP contribution in [0.3, 0.4) is 0 Å². The van der Waals surface area contributed by atoms with Gasteiger partial charge in [0.25, 0.3) is 5.91 Å². The molecule has 0 bridgehead atoms. The van der Waals surface area contributed by atoms with E-state index >= 15 is 0 Å². The third-order valence-electron chi connectivity index (χ3n) is 4.56. The Bertz CT molecular complexity index is 997. The molecule has 3 aromatic heterocycles. The predicted molar refractivity (Wildman–Crippen MR) is 114 cm³/mol. The fourth-order valence-electron chi connectivity index (χ4n) is 3.90. The van der Waals surface area contributed by atoms with Crippen molar-refractivity contribution in [2.75, 3.05) is 10.6 Å². The molecule has 1 amide bonds. The van der Waals surface area contributed by atoms with Crippen LogP contribution < -0.4 is 10.6 Å². The number of nitrogens with one attached hydrogen (secondary N) is 3. The van der Waals surface area contributed by atoms with Crippen LogP contribution in [-0.2, 0) is 5.41 Å². The number of aromatic nitrogens is 4. The molecule has 0 fully saturated rings.